The molecule has 2 aromatic carbocycles. The van der Waals surface area contributed by atoms with Crippen LogP contribution in [0.5, 0.6) is 5.75 Å². The summed E-state index contributed by atoms with van der Waals surface area (Å²) in [4.78, 5) is 13.6. The predicted octanol–water partition coefficient (Wildman–Crippen LogP) is 3.47. The number of halogens is 4. The van der Waals surface area contributed by atoms with E-state index < -0.39 is 40.8 Å². The monoisotopic (exact) mass is 383 g/mol. The van der Waals surface area contributed by atoms with Gasteiger partial charge in [-0.05, 0) is 25.1 Å². The van der Waals surface area contributed by atoms with Crippen molar-refractivity contribution in [3.05, 3.63) is 64.7 Å². The lowest BCUT2D eigenvalue weighted by molar-refractivity contribution is -0.0402. The van der Waals surface area contributed by atoms with E-state index in [1.165, 1.54) is 4.90 Å². The average Bonchev–Trinajstić information content (AvgIpc) is 2.68. The van der Waals surface area contributed by atoms with Gasteiger partial charge in [-0.2, -0.15) is 0 Å². The van der Waals surface area contributed by atoms with E-state index in [-0.39, 0.29) is 26.3 Å². The zero-order chi connectivity index (χ0) is 19.6. The smallest absolute Gasteiger partial charge is 0.257 e. The Kier molecular flexibility index (Phi) is 5.65. The number of rotatable bonds is 4. The fraction of sp³-hybridized carbons (Fsp3) is 0.316. The van der Waals surface area contributed by atoms with Crippen LogP contribution in [0.4, 0.5) is 17.6 Å². The van der Waals surface area contributed by atoms with E-state index in [0.717, 1.165) is 5.56 Å². The van der Waals surface area contributed by atoms with Gasteiger partial charge in [-0.1, -0.05) is 17.7 Å². The van der Waals surface area contributed by atoms with Gasteiger partial charge in [0.05, 0.1) is 18.7 Å². The number of hydrogen-bond donors (Lipinski definition) is 0. The first-order valence-corrected chi connectivity index (χ1v) is 8.30. The number of amides is 1. The molecule has 27 heavy (non-hydrogen) atoms. The zero-order valence-corrected chi connectivity index (χ0v) is 14.5. The average molecular weight is 383 g/mol. The summed E-state index contributed by atoms with van der Waals surface area (Å²) in [6.45, 7) is 2.39. The summed E-state index contributed by atoms with van der Waals surface area (Å²) in [7, 11) is 0. The van der Waals surface area contributed by atoms with Crippen molar-refractivity contribution < 1.29 is 31.8 Å². The van der Waals surface area contributed by atoms with Crippen LogP contribution in [0.25, 0.3) is 0 Å². The second-order valence-electron chi connectivity index (χ2n) is 6.22. The Labute approximate surface area is 153 Å². The van der Waals surface area contributed by atoms with Gasteiger partial charge in [0.25, 0.3) is 5.91 Å². The Hall–Kier alpha value is -2.61. The third-order valence-electron chi connectivity index (χ3n) is 4.22. The van der Waals surface area contributed by atoms with Crippen LogP contribution in [0.15, 0.2) is 30.3 Å². The van der Waals surface area contributed by atoms with Crippen molar-refractivity contribution in [3.8, 4) is 5.75 Å². The Morgan fingerprint density at radius 1 is 1.15 bits per heavy atom. The molecule has 1 aliphatic heterocycles. The van der Waals surface area contributed by atoms with Crippen LogP contribution in [0.2, 0.25) is 0 Å². The van der Waals surface area contributed by atoms with E-state index in [1.807, 2.05) is 19.1 Å². The van der Waals surface area contributed by atoms with Gasteiger partial charge in [0, 0.05) is 6.54 Å². The van der Waals surface area contributed by atoms with Crippen LogP contribution in [0.3, 0.4) is 0 Å². The zero-order valence-electron chi connectivity index (χ0n) is 14.5. The molecule has 4 nitrogen and oxygen atoms in total. The second kappa shape index (κ2) is 7.96. The summed E-state index contributed by atoms with van der Waals surface area (Å²) in [6.07, 6.45) is -0.498. The number of carbonyl (C=O) groups is 1. The standard InChI is InChI=1S/C19H17F4NO3/c1-11-2-4-12(5-3-11)27-10-13-9-24(6-7-26-13)19(25)14-8-15(20)17(22)18(23)16(14)21/h2-5,8,13H,6-7,9-10H2,1H3/t13-/m0/s1. The highest BCUT2D eigenvalue weighted by molar-refractivity contribution is 5.94. The molecule has 3 rings (SSSR count). The Balaban J connectivity index is 1.67. The van der Waals surface area contributed by atoms with Gasteiger partial charge >= 0.3 is 0 Å². The fourth-order valence-electron chi connectivity index (χ4n) is 2.73. The van der Waals surface area contributed by atoms with Crippen molar-refractivity contribution in [2.75, 3.05) is 26.3 Å². The van der Waals surface area contributed by atoms with E-state index in [4.69, 9.17) is 9.47 Å². The Morgan fingerprint density at radius 2 is 1.85 bits per heavy atom. The molecule has 1 aliphatic rings. The number of hydrogen-bond acceptors (Lipinski definition) is 3. The molecule has 1 atom stereocenters. The van der Waals surface area contributed by atoms with Crippen molar-refractivity contribution >= 4 is 5.91 Å². The molecule has 0 radical (unpaired) electrons. The lowest BCUT2D eigenvalue weighted by atomic mass is 10.1. The SMILES string of the molecule is Cc1ccc(OC[C@@H]2CN(C(=O)c3cc(F)c(F)c(F)c3F)CCO2)cc1. The number of carbonyl (C=O) groups excluding carboxylic acids is 1. The Bertz CT molecular complexity index is 842. The van der Waals surface area contributed by atoms with Crippen molar-refractivity contribution in [2.24, 2.45) is 0 Å². The van der Waals surface area contributed by atoms with Crippen LogP contribution in [-0.4, -0.2) is 43.2 Å². The summed E-state index contributed by atoms with van der Waals surface area (Å²) in [5.41, 5.74) is 0.223. The second-order valence-corrected chi connectivity index (χ2v) is 6.22. The van der Waals surface area contributed by atoms with Crippen molar-refractivity contribution in [3.63, 3.8) is 0 Å². The van der Waals surface area contributed by atoms with Gasteiger partial charge in [0.1, 0.15) is 18.5 Å². The number of nitrogens with zero attached hydrogens (tertiary/aromatic N) is 1. The highest BCUT2D eigenvalue weighted by Gasteiger charge is 2.30. The molecule has 0 aromatic heterocycles. The summed E-state index contributed by atoms with van der Waals surface area (Å²) >= 11 is 0. The molecule has 1 fully saturated rings. The minimum Gasteiger partial charge on any atom is -0.491 e. The van der Waals surface area contributed by atoms with Gasteiger partial charge in [0.2, 0.25) is 0 Å². The fourth-order valence-corrected chi connectivity index (χ4v) is 2.73. The third-order valence-corrected chi connectivity index (χ3v) is 4.22. The molecule has 1 amide bonds. The molecule has 0 N–H and O–H groups in total. The highest BCUT2D eigenvalue weighted by atomic mass is 19.2. The van der Waals surface area contributed by atoms with Gasteiger partial charge < -0.3 is 14.4 Å². The summed E-state index contributed by atoms with van der Waals surface area (Å²) < 4.78 is 64.8. The first-order chi connectivity index (χ1) is 12.9. The van der Waals surface area contributed by atoms with Crippen LogP contribution < -0.4 is 4.74 Å². The third kappa shape index (κ3) is 4.21. The van der Waals surface area contributed by atoms with Gasteiger partial charge in [-0.25, -0.2) is 17.6 Å². The van der Waals surface area contributed by atoms with Crippen LogP contribution in [0.1, 0.15) is 15.9 Å². The summed E-state index contributed by atoms with van der Waals surface area (Å²) in [6, 6.07) is 7.71. The largest absolute Gasteiger partial charge is 0.491 e. The quantitative estimate of drug-likeness (QED) is 0.461. The number of aryl methyl sites for hydroxylation is 1. The van der Waals surface area contributed by atoms with Gasteiger partial charge in [0.15, 0.2) is 23.3 Å². The molecule has 0 bridgehead atoms. The molecule has 144 valence electrons. The molecule has 1 saturated heterocycles. The molecule has 0 spiro atoms. The maximum atomic E-state index is 13.9. The van der Waals surface area contributed by atoms with Crippen LogP contribution in [-0.2, 0) is 4.74 Å². The van der Waals surface area contributed by atoms with Gasteiger partial charge in [-0.3, -0.25) is 4.79 Å². The first kappa shape index (κ1) is 19.2. The first-order valence-electron chi connectivity index (χ1n) is 8.30. The molecule has 0 unspecified atom stereocenters. The maximum Gasteiger partial charge on any atom is 0.257 e. The van der Waals surface area contributed by atoms with Gasteiger partial charge in [-0.15, -0.1) is 0 Å². The predicted molar refractivity (Wildman–Crippen MR) is 88.6 cm³/mol. The highest BCUT2D eigenvalue weighted by Crippen LogP contribution is 2.21. The van der Waals surface area contributed by atoms with E-state index >= 15 is 0 Å². The topological polar surface area (TPSA) is 38.8 Å². The maximum absolute atomic E-state index is 13.9. The lowest BCUT2D eigenvalue weighted by Crippen LogP contribution is -2.47. The van der Waals surface area contributed by atoms with Crippen molar-refractivity contribution in [1.29, 1.82) is 0 Å². The van der Waals surface area contributed by atoms with E-state index in [1.54, 1.807) is 12.1 Å². The summed E-state index contributed by atoms with van der Waals surface area (Å²) in [5, 5.41) is 0. The van der Waals surface area contributed by atoms with E-state index in [2.05, 4.69) is 0 Å². The minimum atomic E-state index is -2.01. The molecule has 1 heterocycles. The minimum absolute atomic E-state index is 0.0464. The lowest BCUT2D eigenvalue weighted by Gasteiger charge is -2.33. The van der Waals surface area contributed by atoms with Crippen LogP contribution >= 0.6 is 0 Å². The molecular weight excluding hydrogens is 366 g/mol. The van der Waals surface area contributed by atoms with Crippen molar-refractivity contribution in [2.45, 2.75) is 13.0 Å². The van der Waals surface area contributed by atoms with Crippen LogP contribution in [0, 0.1) is 30.2 Å². The Morgan fingerprint density at radius 3 is 2.56 bits per heavy atom. The normalized spacial score (nSPS) is 17.1. The molecule has 0 saturated carbocycles. The molecular formula is C19H17F4NO3. The number of ether oxygens (including phenoxy) is 2. The molecule has 0 aliphatic carbocycles. The number of benzene rings is 2. The molecule has 8 heteroatoms. The van der Waals surface area contributed by atoms with E-state index in [0.29, 0.717) is 11.8 Å². The van der Waals surface area contributed by atoms with Crippen molar-refractivity contribution in [1.82, 2.24) is 4.90 Å². The van der Waals surface area contributed by atoms with E-state index in [9.17, 15) is 22.4 Å². The summed E-state index contributed by atoms with van der Waals surface area (Å²) in [5.74, 6) is -7.60. The number of morpholine rings is 1. The molecule has 2 aromatic rings.